The second kappa shape index (κ2) is 7.33. The Morgan fingerprint density at radius 1 is 1.12 bits per heavy atom. The first-order chi connectivity index (χ1) is 12.4. The third-order valence-electron chi connectivity index (χ3n) is 3.82. The van der Waals surface area contributed by atoms with E-state index in [0.717, 1.165) is 12.1 Å². The van der Waals surface area contributed by atoms with Crippen molar-refractivity contribution in [3.8, 4) is 22.5 Å². The van der Waals surface area contributed by atoms with Crippen LogP contribution in [0.5, 0.6) is 0 Å². The van der Waals surface area contributed by atoms with Crippen LogP contribution in [0, 0.1) is 17.6 Å². The zero-order valence-electron chi connectivity index (χ0n) is 14.2. The molecule has 0 saturated heterocycles. The molecule has 0 aliphatic carbocycles. The molecule has 1 aromatic carbocycles. The minimum Gasteiger partial charge on any atom is -0.303 e. The molecule has 0 fully saturated rings. The van der Waals surface area contributed by atoms with Crippen LogP contribution >= 0.6 is 11.6 Å². The highest BCUT2D eigenvalue weighted by Gasteiger charge is 2.23. The summed E-state index contributed by atoms with van der Waals surface area (Å²) in [6, 6.07) is 6.75. The fourth-order valence-corrected chi connectivity index (χ4v) is 3.02. The Bertz CT molecular complexity index is 983. The van der Waals surface area contributed by atoms with Crippen LogP contribution in [0.25, 0.3) is 22.5 Å². The number of halogens is 3. The standard InChI is InChI=1S/C19H16ClF2N3O/c1-11(2)10-25-17(15-13(21)4-3-5-14(15)22)18(20)24-16(19(25)26)12-6-8-23-9-7-12/h3-9,11H,10H2,1-2H3. The molecule has 0 spiro atoms. The second-order valence-corrected chi connectivity index (χ2v) is 6.60. The average Bonchev–Trinajstić information content (AvgIpc) is 2.60. The summed E-state index contributed by atoms with van der Waals surface area (Å²) >= 11 is 6.30. The van der Waals surface area contributed by atoms with Gasteiger partial charge in [0.2, 0.25) is 0 Å². The van der Waals surface area contributed by atoms with Crippen molar-refractivity contribution >= 4 is 11.6 Å². The molecule has 134 valence electrons. The monoisotopic (exact) mass is 375 g/mol. The summed E-state index contributed by atoms with van der Waals surface area (Å²) < 4.78 is 30.0. The van der Waals surface area contributed by atoms with Gasteiger partial charge in [0.05, 0.1) is 11.3 Å². The predicted octanol–water partition coefficient (Wildman–Crippen LogP) is 4.56. The van der Waals surface area contributed by atoms with E-state index in [1.807, 2.05) is 13.8 Å². The first-order valence-corrected chi connectivity index (χ1v) is 8.43. The van der Waals surface area contributed by atoms with Crippen LogP contribution in [0.2, 0.25) is 5.15 Å². The summed E-state index contributed by atoms with van der Waals surface area (Å²) in [4.78, 5) is 21.1. The van der Waals surface area contributed by atoms with Crippen molar-refractivity contribution in [3.63, 3.8) is 0 Å². The summed E-state index contributed by atoms with van der Waals surface area (Å²) in [6.45, 7) is 4.03. The van der Waals surface area contributed by atoms with Crippen molar-refractivity contribution in [1.82, 2.24) is 14.5 Å². The van der Waals surface area contributed by atoms with Gasteiger partial charge in [-0.1, -0.05) is 31.5 Å². The molecule has 0 radical (unpaired) electrons. The Morgan fingerprint density at radius 2 is 1.73 bits per heavy atom. The summed E-state index contributed by atoms with van der Waals surface area (Å²) in [5.41, 5.74) is -0.238. The number of aromatic nitrogens is 3. The van der Waals surface area contributed by atoms with Crippen LogP contribution in [-0.2, 0) is 6.54 Å². The van der Waals surface area contributed by atoms with Gasteiger partial charge < -0.3 is 4.57 Å². The second-order valence-electron chi connectivity index (χ2n) is 6.24. The molecule has 7 heteroatoms. The van der Waals surface area contributed by atoms with Gasteiger partial charge >= 0.3 is 0 Å². The number of rotatable bonds is 4. The molecule has 3 aromatic rings. The molecule has 0 amide bonds. The molecular weight excluding hydrogens is 360 g/mol. The quantitative estimate of drug-likeness (QED) is 0.671. The van der Waals surface area contributed by atoms with Crippen molar-refractivity contribution in [3.05, 3.63) is 69.9 Å². The number of hydrogen-bond acceptors (Lipinski definition) is 3. The van der Waals surface area contributed by atoms with E-state index in [-0.39, 0.29) is 34.6 Å². The zero-order chi connectivity index (χ0) is 18.8. The number of benzene rings is 1. The lowest BCUT2D eigenvalue weighted by Crippen LogP contribution is -2.27. The van der Waals surface area contributed by atoms with Crippen LogP contribution in [-0.4, -0.2) is 14.5 Å². The Balaban J connectivity index is 2.36. The average molecular weight is 376 g/mol. The minimum absolute atomic E-state index is 0.0463. The maximum absolute atomic E-state index is 14.3. The van der Waals surface area contributed by atoms with Gasteiger partial charge in [0.1, 0.15) is 17.3 Å². The van der Waals surface area contributed by atoms with E-state index in [0.29, 0.717) is 5.56 Å². The van der Waals surface area contributed by atoms with Gasteiger partial charge in [-0.2, -0.15) is 0 Å². The summed E-state index contributed by atoms with van der Waals surface area (Å²) in [6.07, 6.45) is 3.06. The molecule has 0 bridgehead atoms. The van der Waals surface area contributed by atoms with Gasteiger partial charge in [-0.05, 0) is 30.2 Å². The fourth-order valence-electron chi connectivity index (χ4n) is 2.74. The van der Waals surface area contributed by atoms with Crippen LogP contribution in [0.1, 0.15) is 13.8 Å². The van der Waals surface area contributed by atoms with Gasteiger partial charge in [-0.25, -0.2) is 13.8 Å². The van der Waals surface area contributed by atoms with Gasteiger partial charge in [-0.3, -0.25) is 9.78 Å². The van der Waals surface area contributed by atoms with Crippen LogP contribution in [0.15, 0.2) is 47.5 Å². The third kappa shape index (κ3) is 3.37. The maximum Gasteiger partial charge on any atom is 0.277 e. The first kappa shape index (κ1) is 18.2. The van der Waals surface area contributed by atoms with Crippen molar-refractivity contribution in [1.29, 1.82) is 0 Å². The number of hydrogen-bond donors (Lipinski definition) is 0. The molecule has 4 nitrogen and oxygen atoms in total. The highest BCUT2D eigenvalue weighted by atomic mass is 35.5. The number of pyridine rings is 1. The largest absolute Gasteiger partial charge is 0.303 e. The van der Waals surface area contributed by atoms with Crippen molar-refractivity contribution in [2.75, 3.05) is 0 Å². The van der Waals surface area contributed by atoms with E-state index >= 15 is 0 Å². The summed E-state index contributed by atoms with van der Waals surface area (Å²) in [7, 11) is 0. The lowest BCUT2D eigenvalue weighted by atomic mass is 10.1. The first-order valence-electron chi connectivity index (χ1n) is 8.05. The molecule has 0 unspecified atom stereocenters. The smallest absolute Gasteiger partial charge is 0.277 e. The summed E-state index contributed by atoms with van der Waals surface area (Å²) in [5, 5.41) is -0.138. The predicted molar refractivity (Wildman–Crippen MR) is 96.9 cm³/mol. The van der Waals surface area contributed by atoms with E-state index < -0.39 is 17.2 Å². The van der Waals surface area contributed by atoms with Gasteiger partial charge in [0, 0.05) is 24.5 Å². The molecule has 0 saturated carbocycles. The normalized spacial score (nSPS) is 11.2. The molecule has 2 aromatic heterocycles. The molecule has 2 heterocycles. The van der Waals surface area contributed by atoms with E-state index in [9.17, 15) is 13.6 Å². The Morgan fingerprint density at radius 3 is 2.31 bits per heavy atom. The lowest BCUT2D eigenvalue weighted by Gasteiger charge is -2.18. The molecule has 3 rings (SSSR count). The van der Waals surface area contributed by atoms with E-state index in [2.05, 4.69) is 9.97 Å². The highest BCUT2D eigenvalue weighted by molar-refractivity contribution is 6.32. The lowest BCUT2D eigenvalue weighted by molar-refractivity contribution is 0.509. The van der Waals surface area contributed by atoms with E-state index in [1.165, 1.54) is 23.0 Å². The third-order valence-corrected chi connectivity index (χ3v) is 4.09. The van der Waals surface area contributed by atoms with Crippen molar-refractivity contribution in [2.45, 2.75) is 20.4 Å². The van der Waals surface area contributed by atoms with E-state index in [1.54, 1.807) is 12.1 Å². The van der Waals surface area contributed by atoms with Gasteiger partial charge in [0.15, 0.2) is 5.15 Å². The van der Waals surface area contributed by atoms with Crippen LogP contribution < -0.4 is 5.56 Å². The maximum atomic E-state index is 14.3. The Labute approximate surface area is 154 Å². The van der Waals surface area contributed by atoms with Gasteiger partial charge in [0.25, 0.3) is 5.56 Å². The van der Waals surface area contributed by atoms with E-state index in [4.69, 9.17) is 11.6 Å². The van der Waals surface area contributed by atoms with Crippen LogP contribution in [0.4, 0.5) is 8.78 Å². The van der Waals surface area contributed by atoms with Crippen molar-refractivity contribution < 1.29 is 8.78 Å². The Kier molecular flexibility index (Phi) is 5.13. The minimum atomic E-state index is -0.803. The van der Waals surface area contributed by atoms with Gasteiger partial charge in [-0.15, -0.1) is 0 Å². The van der Waals surface area contributed by atoms with Crippen molar-refractivity contribution in [2.24, 2.45) is 5.92 Å². The fraction of sp³-hybridized carbons (Fsp3) is 0.211. The summed E-state index contributed by atoms with van der Waals surface area (Å²) in [5.74, 6) is -1.56. The zero-order valence-corrected chi connectivity index (χ0v) is 15.0. The molecule has 0 N–H and O–H groups in total. The molecule has 0 atom stereocenters. The molecule has 0 aliphatic rings. The number of nitrogens with zero attached hydrogens (tertiary/aromatic N) is 3. The highest BCUT2D eigenvalue weighted by Crippen LogP contribution is 2.32. The Hall–Kier alpha value is -2.60. The molecule has 26 heavy (non-hydrogen) atoms. The molecular formula is C19H16ClF2N3O. The molecule has 0 aliphatic heterocycles. The topological polar surface area (TPSA) is 47.8 Å². The SMILES string of the molecule is CC(C)Cn1c(-c2c(F)cccc2F)c(Cl)nc(-c2ccncc2)c1=O. The van der Waals surface area contributed by atoms with Crippen LogP contribution in [0.3, 0.4) is 0 Å².